The number of hydrogen-bond donors (Lipinski definition) is 1. The van der Waals surface area contributed by atoms with Crippen LogP contribution in [0.3, 0.4) is 0 Å². The highest BCUT2D eigenvalue weighted by molar-refractivity contribution is 5.59. The lowest BCUT2D eigenvalue weighted by molar-refractivity contribution is -0.137. The van der Waals surface area contributed by atoms with Crippen LogP contribution >= 0.6 is 0 Å². The predicted octanol–water partition coefficient (Wildman–Crippen LogP) is 3.40. The second-order valence-corrected chi connectivity index (χ2v) is 3.47. The van der Waals surface area contributed by atoms with Crippen molar-refractivity contribution in [3.05, 3.63) is 29.3 Å². The number of nitriles is 1. The molecule has 0 aromatic heterocycles. The van der Waals surface area contributed by atoms with Crippen LogP contribution in [0.2, 0.25) is 0 Å². The van der Waals surface area contributed by atoms with E-state index in [4.69, 9.17) is 5.26 Å². The fraction of sp³-hybridized carbons (Fsp3) is 0.308. The first-order valence-corrected chi connectivity index (χ1v) is 5.24. The Kier molecular flexibility index (Phi) is 4.62. The summed E-state index contributed by atoms with van der Waals surface area (Å²) in [5.41, 5.74) is -0.448. The molecular weight excluding hydrogens is 241 g/mol. The molecule has 1 aromatic rings. The number of benzene rings is 1. The minimum Gasteiger partial charge on any atom is -0.383 e. The SMILES string of the molecule is CC#CCCNc1ccc(C(F)(F)F)cc1C#N. The zero-order chi connectivity index (χ0) is 13.6. The second kappa shape index (κ2) is 5.97. The number of alkyl halides is 3. The van der Waals surface area contributed by atoms with E-state index in [1.165, 1.54) is 6.07 Å². The van der Waals surface area contributed by atoms with Crippen LogP contribution in [0.4, 0.5) is 18.9 Å². The molecule has 5 heteroatoms. The van der Waals surface area contributed by atoms with Crippen molar-refractivity contribution in [3.63, 3.8) is 0 Å². The summed E-state index contributed by atoms with van der Waals surface area (Å²) in [5, 5.41) is 11.7. The molecule has 0 aliphatic rings. The molecule has 0 aliphatic heterocycles. The van der Waals surface area contributed by atoms with E-state index in [1.807, 2.05) is 0 Å². The lowest BCUT2D eigenvalue weighted by Gasteiger charge is -2.10. The molecule has 1 aromatic carbocycles. The molecule has 0 saturated heterocycles. The van der Waals surface area contributed by atoms with E-state index >= 15 is 0 Å². The highest BCUT2D eigenvalue weighted by atomic mass is 19.4. The zero-order valence-corrected chi connectivity index (χ0v) is 9.73. The van der Waals surface area contributed by atoms with Crippen molar-refractivity contribution in [3.8, 4) is 17.9 Å². The van der Waals surface area contributed by atoms with E-state index in [9.17, 15) is 13.2 Å². The molecule has 0 amide bonds. The average molecular weight is 252 g/mol. The molecule has 0 radical (unpaired) electrons. The van der Waals surface area contributed by atoms with E-state index < -0.39 is 11.7 Å². The van der Waals surface area contributed by atoms with Gasteiger partial charge < -0.3 is 5.32 Å². The first kappa shape index (κ1) is 13.9. The molecule has 0 bridgehead atoms. The van der Waals surface area contributed by atoms with Crippen LogP contribution in [-0.4, -0.2) is 6.54 Å². The van der Waals surface area contributed by atoms with E-state index in [1.54, 1.807) is 13.0 Å². The maximum atomic E-state index is 12.4. The van der Waals surface area contributed by atoms with Crippen molar-refractivity contribution >= 4 is 5.69 Å². The van der Waals surface area contributed by atoms with Crippen LogP contribution in [0.1, 0.15) is 24.5 Å². The van der Waals surface area contributed by atoms with E-state index in [0.29, 0.717) is 18.7 Å². The molecule has 0 spiro atoms. The molecule has 94 valence electrons. The van der Waals surface area contributed by atoms with Gasteiger partial charge in [-0.15, -0.1) is 11.8 Å². The van der Waals surface area contributed by atoms with Gasteiger partial charge >= 0.3 is 6.18 Å². The van der Waals surface area contributed by atoms with Crippen LogP contribution in [0.15, 0.2) is 18.2 Å². The Morgan fingerprint density at radius 2 is 2.06 bits per heavy atom. The van der Waals surface area contributed by atoms with Crippen molar-refractivity contribution in [2.24, 2.45) is 0 Å². The molecule has 0 unspecified atom stereocenters. The Balaban J connectivity index is 2.87. The number of anilines is 1. The van der Waals surface area contributed by atoms with Crippen molar-refractivity contribution in [2.75, 3.05) is 11.9 Å². The third kappa shape index (κ3) is 3.71. The van der Waals surface area contributed by atoms with Crippen molar-refractivity contribution in [2.45, 2.75) is 19.5 Å². The third-order valence-corrected chi connectivity index (χ3v) is 2.21. The van der Waals surface area contributed by atoms with E-state index in [2.05, 4.69) is 17.2 Å². The molecule has 1 N–H and O–H groups in total. The zero-order valence-electron chi connectivity index (χ0n) is 9.73. The summed E-state index contributed by atoms with van der Waals surface area (Å²) in [6.07, 6.45) is -3.86. The summed E-state index contributed by atoms with van der Waals surface area (Å²) in [5.74, 6) is 5.52. The monoisotopic (exact) mass is 252 g/mol. The quantitative estimate of drug-likeness (QED) is 0.661. The normalized spacial score (nSPS) is 10.2. The van der Waals surface area contributed by atoms with Gasteiger partial charge in [0, 0.05) is 13.0 Å². The maximum absolute atomic E-state index is 12.4. The summed E-state index contributed by atoms with van der Waals surface area (Å²) in [7, 11) is 0. The van der Waals surface area contributed by atoms with Crippen LogP contribution in [0.25, 0.3) is 0 Å². The molecule has 0 saturated carbocycles. The van der Waals surface area contributed by atoms with Gasteiger partial charge in [-0.05, 0) is 25.1 Å². The number of rotatable bonds is 3. The first-order valence-electron chi connectivity index (χ1n) is 5.24. The van der Waals surface area contributed by atoms with Crippen LogP contribution in [-0.2, 0) is 6.18 Å². The van der Waals surface area contributed by atoms with Gasteiger partial charge in [-0.3, -0.25) is 0 Å². The van der Waals surface area contributed by atoms with Gasteiger partial charge in [0.05, 0.1) is 16.8 Å². The highest BCUT2D eigenvalue weighted by Crippen LogP contribution is 2.31. The topological polar surface area (TPSA) is 35.8 Å². The Hall–Kier alpha value is -2.14. The van der Waals surface area contributed by atoms with Gasteiger partial charge in [-0.1, -0.05) is 0 Å². The van der Waals surface area contributed by atoms with Gasteiger partial charge in [-0.2, -0.15) is 18.4 Å². The summed E-state index contributed by atoms with van der Waals surface area (Å²) in [6, 6.07) is 4.81. The number of hydrogen-bond acceptors (Lipinski definition) is 2. The van der Waals surface area contributed by atoms with Crippen LogP contribution in [0, 0.1) is 23.2 Å². The fourth-order valence-electron chi connectivity index (χ4n) is 1.35. The molecule has 1 rings (SSSR count). The Bertz CT molecular complexity index is 516. The maximum Gasteiger partial charge on any atom is 0.416 e. The summed E-state index contributed by atoms with van der Waals surface area (Å²) >= 11 is 0. The molecule has 0 fully saturated rings. The molecule has 0 atom stereocenters. The molecular formula is C13H11F3N2. The van der Waals surface area contributed by atoms with E-state index in [-0.39, 0.29) is 5.56 Å². The van der Waals surface area contributed by atoms with Crippen molar-refractivity contribution in [1.29, 1.82) is 5.26 Å². The standard InChI is InChI=1S/C13H11F3N2/c1-2-3-4-7-18-12-6-5-11(13(14,15)16)8-10(12)9-17/h5-6,8,18H,4,7H2,1H3. The second-order valence-electron chi connectivity index (χ2n) is 3.47. The molecule has 2 nitrogen and oxygen atoms in total. The Labute approximate surface area is 103 Å². The minimum atomic E-state index is -4.43. The predicted molar refractivity (Wildman–Crippen MR) is 62.7 cm³/mol. The van der Waals surface area contributed by atoms with Gasteiger partial charge in [0.15, 0.2) is 0 Å². The summed E-state index contributed by atoms with van der Waals surface area (Å²) in [6.45, 7) is 2.19. The van der Waals surface area contributed by atoms with Crippen LogP contribution in [0.5, 0.6) is 0 Å². The molecule has 18 heavy (non-hydrogen) atoms. The molecule has 0 aliphatic carbocycles. The van der Waals surface area contributed by atoms with Crippen molar-refractivity contribution in [1.82, 2.24) is 0 Å². The van der Waals surface area contributed by atoms with Crippen LogP contribution < -0.4 is 5.32 Å². The summed E-state index contributed by atoms with van der Waals surface area (Å²) < 4.78 is 37.3. The smallest absolute Gasteiger partial charge is 0.383 e. The lowest BCUT2D eigenvalue weighted by atomic mass is 10.1. The number of halogens is 3. The fourth-order valence-corrected chi connectivity index (χ4v) is 1.35. The Morgan fingerprint density at radius 1 is 1.33 bits per heavy atom. The third-order valence-electron chi connectivity index (χ3n) is 2.21. The summed E-state index contributed by atoms with van der Waals surface area (Å²) in [4.78, 5) is 0. The largest absolute Gasteiger partial charge is 0.416 e. The number of nitrogens with zero attached hydrogens (tertiary/aromatic N) is 1. The highest BCUT2D eigenvalue weighted by Gasteiger charge is 2.30. The Morgan fingerprint density at radius 3 is 2.61 bits per heavy atom. The molecule has 0 heterocycles. The van der Waals surface area contributed by atoms with Gasteiger partial charge in [0.2, 0.25) is 0 Å². The average Bonchev–Trinajstić information content (AvgIpc) is 2.33. The van der Waals surface area contributed by atoms with E-state index in [0.717, 1.165) is 12.1 Å². The van der Waals surface area contributed by atoms with Gasteiger partial charge in [-0.25, -0.2) is 0 Å². The number of nitrogens with one attached hydrogen (secondary N) is 1. The van der Waals surface area contributed by atoms with Gasteiger partial charge in [0.1, 0.15) is 6.07 Å². The lowest BCUT2D eigenvalue weighted by Crippen LogP contribution is -2.07. The van der Waals surface area contributed by atoms with Gasteiger partial charge in [0.25, 0.3) is 0 Å². The van der Waals surface area contributed by atoms with Crippen molar-refractivity contribution < 1.29 is 13.2 Å². The minimum absolute atomic E-state index is 0.0192. The first-order chi connectivity index (χ1) is 8.49.